The van der Waals surface area contributed by atoms with Crippen molar-refractivity contribution in [1.82, 2.24) is 0 Å². The zero-order valence-electron chi connectivity index (χ0n) is 10.6. The molecule has 0 unspecified atom stereocenters. The van der Waals surface area contributed by atoms with Crippen molar-refractivity contribution in [1.29, 1.82) is 0 Å². The van der Waals surface area contributed by atoms with E-state index in [-0.39, 0.29) is 17.1 Å². The fourth-order valence-electron chi connectivity index (χ4n) is 1.58. The van der Waals surface area contributed by atoms with Crippen LogP contribution in [-0.4, -0.2) is 0 Å². The van der Waals surface area contributed by atoms with Crippen molar-refractivity contribution < 1.29 is 17.1 Å². The molecular weight excluding hydrogens is 272 g/mol. The molecule has 96 valence electrons. The summed E-state index contributed by atoms with van der Waals surface area (Å²) in [4.78, 5) is 0. The van der Waals surface area contributed by atoms with Gasteiger partial charge in [0.25, 0.3) is 0 Å². The maximum Gasteiger partial charge on any atom is 0.00501 e. The number of hydrogen-bond acceptors (Lipinski definition) is 0. The first-order chi connectivity index (χ1) is 8.95. The van der Waals surface area contributed by atoms with E-state index in [0.717, 1.165) is 0 Å². The van der Waals surface area contributed by atoms with Crippen molar-refractivity contribution in [3.05, 3.63) is 106 Å². The molecule has 1 aromatic rings. The SMILES string of the molecule is [CH]1[CH][CH][CH][CH]1.[CH]1[CH][CH][C](/C=C/c2ccccc2)[CH]1.[Fe]. The zero-order valence-corrected chi connectivity index (χ0v) is 11.7. The molecule has 0 aliphatic heterocycles. The topological polar surface area (TPSA) is 0 Å². The van der Waals surface area contributed by atoms with Gasteiger partial charge in [0.1, 0.15) is 0 Å². The van der Waals surface area contributed by atoms with Crippen LogP contribution in [0.1, 0.15) is 5.56 Å². The molecule has 0 aromatic heterocycles. The minimum absolute atomic E-state index is 0. The van der Waals surface area contributed by atoms with Gasteiger partial charge < -0.3 is 0 Å². The Balaban J connectivity index is 0.000000256. The maximum absolute atomic E-state index is 2.12. The molecule has 0 heterocycles. The second kappa shape index (κ2) is 10.3. The zero-order chi connectivity index (χ0) is 12.5. The average Bonchev–Trinajstić information content (AvgIpc) is 3.13. The van der Waals surface area contributed by atoms with Gasteiger partial charge in [-0.2, -0.15) is 0 Å². The van der Waals surface area contributed by atoms with Crippen molar-refractivity contribution >= 4 is 6.08 Å². The van der Waals surface area contributed by atoms with Crippen LogP contribution < -0.4 is 0 Å². The fourth-order valence-corrected chi connectivity index (χ4v) is 1.58. The monoisotopic (exact) mass is 288 g/mol. The molecule has 10 radical (unpaired) electrons. The molecule has 0 spiro atoms. The summed E-state index contributed by atoms with van der Waals surface area (Å²) in [6, 6.07) is 10.3. The van der Waals surface area contributed by atoms with Crippen molar-refractivity contribution in [3.8, 4) is 0 Å². The normalized spacial score (nSPS) is 18.9. The van der Waals surface area contributed by atoms with Crippen molar-refractivity contribution in [2.24, 2.45) is 0 Å². The van der Waals surface area contributed by atoms with Gasteiger partial charge in [-0.1, -0.05) is 42.5 Å². The summed E-state index contributed by atoms with van der Waals surface area (Å²) in [6.07, 6.45) is 22.5. The van der Waals surface area contributed by atoms with Crippen LogP contribution in [-0.2, 0) is 17.1 Å². The Labute approximate surface area is 129 Å². The van der Waals surface area contributed by atoms with Crippen LogP contribution in [0.5, 0.6) is 0 Å². The molecule has 2 aliphatic rings. The third kappa shape index (κ3) is 6.99. The van der Waals surface area contributed by atoms with E-state index in [2.05, 4.69) is 37.1 Å². The molecule has 2 saturated carbocycles. The Kier molecular flexibility index (Phi) is 8.95. The van der Waals surface area contributed by atoms with Crippen molar-refractivity contribution in [3.63, 3.8) is 0 Å². The molecule has 0 bridgehead atoms. The molecule has 0 atom stereocenters. The first-order valence-corrected chi connectivity index (χ1v) is 6.07. The number of benzene rings is 1. The average molecular weight is 288 g/mol. The van der Waals surface area contributed by atoms with Crippen LogP contribution in [0.15, 0.2) is 36.4 Å². The van der Waals surface area contributed by atoms with Crippen LogP contribution in [0.4, 0.5) is 0 Å². The van der Waals surface area contributed by atoms with Crippen molar-refractivity contribution in [2.45, 2.75) is 0 Å². The largest absolute Gasteiger partial charge is 0.0762 e. The standard InChI is InChI=1S/C13H11.C5H5.Fe/c1-2-6-12(7-3-1)10-11-13-8-4-5-9-13;1-2-4-5-3-1;/h1-11H;1-5H;/b11-10+;;. The second-order valence-electron chi connectivity index (χ2n) is 3.92. The molecule has 0 saturated heterocycles. The quantitative estimate of drug-likeness (QED) is 0.718. The van der Waals surface area contributed by atoms with E-state index >= 15 is 0 Å². The Morgan fingerprint density at radius 3 is 1.63 bits per heavy atom. The maximum atomic E-state index is 2.12. The molecule has 2 aliphatic carbocycles. The van der Waals surface area contributed by atoms with Crippen LogP contribution in [0, 0.1) is 63.7 Å². The van der Waals surface area contributed by atoms with E-state index in [0.29, 0.717) is 0 Å². The molecule has 19 heavy (non-hydrogen) atoms. The van der Waals surface area contributed by atoms with Gasteiger partial charge in [0, 0.05) is 23.0 Å². The summed E-state index contributed by atoms with van der Waals surface area (Å²) < 4.78 is 0. The Morgan fingerprint density at radius 2 is 1.11 bits per heavy atom. The van der Waals surface area contributed by atoms with E-state index in [4.69, 9.17) is 0 Å². The molecule has 0 nitrogen and oxygen atoms in total. The van der Waals surface area contributed by atoms with Gasteiger partial charge >= 0.3 is 0 Å². The summed E-state index contributed by atoms with van der Waals surface area (Å²) in [7, 11) is 0. The van der Waals surface area contributed by atoms with Gasteiger partial charge in [-0.15, -0.1) is 0 Å². The summed E-state index contributed by atoms with van der Waals surface area (Å²) in [6.45, 7) is 0. The summed E-state index contributed by atoms with van der Waals surface area (Å²) >= 11 is 0. The van der Waals surface area contributed by atoms with Crippen LogP contribution in [0.3, 0.4) is 0 Å². The smallest absolute Gasteiger partial charge is 0.00501 e. The predicted octanol–water partition coefficient (Wildman–Crippen LogP) is 4.12. The Hall–Kier alpha value is -0.521. The summed E-state index contributed by atoms with van der Waals surface area (Å²) in [5.74, 6) is 1.25. The molecule has 1 heteroatoms. The van der Waals surface area contributed by atoms with Gasteiger partial charge in [0.2, 0.25) is 0 Å². The Bertz CT molecular complexity index is 324. The van der Waals surface area contributed by atoms with E-state index < -0.39 is 0 Å². The third-order valence-corrected chi connectivity index (χ3v) is 2.51. The summed E-state index contributed by atoms with van der Waals surface area (Å²) in [5.41, 5.74) is 1.24. The van der Waals surface area contributed by atoms with E-state index in [1.807, 2.05) is 63.1 Å². The molecular formula is C18H16Fe. The molecule has 1 aromatic carbocycles. The minimum atomic E-state index is 0. The molecule has 0 amide bonds. The molecule has 2 fully saturated rings. The number of hydrogen-bond donors (Lipinski definition) is 0. The summed E-state index contributed by atoms with van der Waals surface area (Å²) in [5, 5.41) is 0. The molecule has 0 N–H and O–H groups in total. The van der Waals surface area contributed by atoms with Crippen LogP contribution >= 0.6 is 0 Å². The molecule has 3 rings (SSSR count). The van der Waals surface area contributed by atoms with Crippen molar-refractivity contribution in [2.75, 3.05) is 0 Å². The van der Waals surface area contributed by atoms with Crippen LogP contribution in [0.25, 0.3) is 6.08 Å². The minimum Gasteiger partial charge on any atom is -0.0762 e. The van der Waals surface area contributed by atoms with Gasteiger partial charge in [0.05, 0.1) is 0 Å². The van der Waals surface area contributed by atoms with Gasteiger partial charge in [-0.25, -0.2) is 0 Å². The van der Waals surface area contributed by atoms with E-state index in [1.165, 1.54) is 11.5 Å². The van der Waals surface area contributed by atoms with Gasteiger partial charge in [-0.05, 0) is 63.4 Å². The first kappa shape index (κ1) is 16.5. The van der Waals surface area contributed by atoms with Gasteiger partial charge in [-0.3, -0.25) is 0 Å². The third-order valence-electron chi connectivity index (χ3n) is 2.51. The van der Waals surface area contributed by atoms with Crippen LogP contribution in [0.2, 0.25) is 0 Å². The van der Waals surface area contributed by atoms with E-state index in [1.54, 1.807) is 0 Å². The fraction of sp³-hybridized carbons (Fsp3) is 0. The first-order valence-electron chi connectivity index (χ1n) is 6.07. The Morgan fingerprint density at radius 1 is 0.579 bits per heavy atom. The van der Waals surface area contributed by atoms with Gasteiger partial charge in [0.15, 0.2) is 0 Å². The van der Waals surface area contributed by atoms with E-state index in [9.17, 15) is 0 Å². The number of allylic oxidation sites excluding steroid dienone is 1. The number of rotatable bonds is 2. The second-order valence-corrected chi connectivity index (χ2v) is 3.92. The predicted molar refractivity (Wildman–Crippen MR) is 77.4 cm³/mol.